The third kappa shape index (κ3) is 4.28. The molecule has 0 unspecified atom stereocenters. The third-order valence-electron chi connectivity index (χ3n) is 12.1. The van der Waals surface area contributed by atoms with E-state index in [0.29, 0.717) is 5.56 Å². The van der Waals surface area contributed by atoms with Gasteiger partial charge in [0.2, 0.25) is 0 Å². The number of cyclic esters (lactones) is 1. The van der Waals surface area contributed by atoms with Crippen LogP contribution in [0.5, 0.6) is 0 Å². The molecule has 5 fully saturated rings. The van der Waals surface area contributed by atoms with Crippen LogP contribution in [0.25, 0.3) is 0 Å². The minimum Gasteiger partial charge on any atom is -0.472 e. The zero-order chi connectivity index (χ0) is 35.4. The summed E-state index contributed by atoms with van der Waals surface area (Å²) in [5.41, 5.74) is -6.82. The van der Waals surface area contributed by atoms with Gasteiger partial charge in [0.15, 0.2) is 23.3 Å². The number of hydrogen-bond donors (Lipinski definition) is 3. The number of esters is 3. The number of hydrogen-bond acceptors (Lipinski definition) is 14. The highest BCUT2D eigenvalue weighted by Gasteiger charge is 2.82. The first-order chi connectivity index (χ1) is 22.3. The fraction of sp³-hybridized carbons (Fsp3) is 0.676. The topological polar surface area (TPSA) is 205 Å². The van der Waals surface area contributed by atoms with Crippen LogP contribution in [0.4, 0.5) is 0 Å². The average molecular weight is 675 g/mol. The first-order valence-corrected chi connectivity index (χ1v) is 16.0. The molecule has 13 atom stereocenters. The average Bonchev–Trinajstić information content (AvgIpc) is 3.64. The van der Waals surface area contributed by atoms with Crippen LogP contribution in [0, 0.1) is 34.5 Å². The van der Waals surface area contributed by atoms with Crippen molar-refractivity contribution in [3.05, 3.63) is 36.3 Å². The number of rotatable bonds is 8. The largest absolute Gasteiger partial charge is 0.472 e. The molecule has 1 aromatic rings. The van der Waals surface area contributed by atoms with Gasteiger partial charge in [0.1, 0.15) is 36.4 Å². The van der Waals surface area contributed by atoms with Crippen LogP contribution in [0.3, 0.4) is 0 Å². The Balaban J connectivity index is 1.62. The number of Topliss-reactive ketones (excluding diaryl/α,β-unsaturated/α-hetero) is 1. The molecule has 3 heterocycles. The van der Waals surface area contributed by atoms with Crippen molar-refractivity contribution in [1.29, 1.82) is 0 Å². The number of aliphatic hydroxyl groups excluding tert-OH is 1. The number of ketones is 1. The molecule has 0 amide bonds. The highest BCUT2D eigenvalue weighted by atomic mass is 16.7. The van der Waals surface area contributed by atoms with Gasteiger partial charge in [-0.1, -0.05) is 34.3 Å². The Hall–Kier alpha value is -3.59. The second-order valence-corrected chi connectivity index (χ2v) is 15.0. The molecule has 6 rings (SSSR count). The molecule has 4 bridgehead atoms. The molecule has 3 saturated carbocycles. The van der Waals surface area contributed by atoms with Crippen LogP contribution in [0.2, 0.25) is 0 Å². The number of furan rings is 1. The Morgan fingerprint density at radius 2 is 1.81 bits per heavy atom. The summed E-state index contributed by atoms with van der Waals surface area (Å²) in [6, 6.07) is 1.60. The van der Waals surface area contributed by atoms with E-state index in [0.717, 1.165) is 6.92 Å². The maximum Gasteiger partial charge on any atom is 0.335 e. The highest BCUT2D eigenvalue weighted by Crippen LogP contribution is 2.72. The summed E-state index contributed by atoms with van der Waals surface area (Å²) in [5.74, 6) is -10.6. The molecule has 2 saturated heterocycles. The lowest BCUT2D eigenvalue weighted by Crippen LogP contribution is -2.73. The maximum atomic E-state index is 14.2. The summed E-state index contributed by atoms with van der Waals surface area (Å²) in [7, 11) is 0. The maximum absolute atomic E-state index is 14.2. The minimum absolute atomic E-state index is 0.128. The molecular formula is C34H42O14. The Bertz CT molecular complexity index is 1550. The number of carbonyl (C=O) groups excluding carboxylic acids is 5. The molecule has 14 heteroatoms. The minimum atomic E-state index is -2.45. The van der Waals surface area contributed by atoms with Crippen LogP contribution < -0.4 is 0 Å². The van der Waals surface area contributed by atoms with Crippen molar-refractivity contribution in [3.8, 4) is 0 Å². The van der Waals surface area contributed by atoms with Crippen molar-refractivity contribution in [2.24, 2.45) is 34.5 Å². The van der Waals surface area contributed by atoms with E-state index in [2.05, 4.69) is 6.58 Å². The molecule has 3 N–H and O–H groups in total. The monoisotopic (exact) mass is 674 g/mol. The third-order valence-corrected chi connectivity index (χ3v) is 12.1. The van der Waals surface area contributed by atoms with Gasteiger partial charge in [0, 0.05) is 42.9 Å². The van der Waals surface area contributed by atoms with E-state index >= 15 is 0 Å². The number of fused-ring (bicyclic) bond motifs is 1. The molecular weight excluding hydrogens is 632 g/mol. The van der Waals surface area contributed by atoms with Gasteiger partial charge >= 0.3 is 17.9 Å². The lowest BCUT2D eigenvalue weighted by molar-refractivity contribution is -0.260. The Labute approximate surface area is 276 Å². The molecule has 48 heavy (non-hydrogen) atoms. The second kappa shape index (κ2) is 11.0. The first kappa shape index (κ1) is 34.3. The van der Waals surface area contributed by atoms with Crippen LogP contribution in [-0.4, -0.2) is 93.5 Å². The van der Waals surface area contributed by atoms with Crippen LogP contribution in [0.15, 0.2) is 35.2 Å². The van der Waals surface area contributed by atoms with Crippen molar-refractivity contribution >= 4 is 30.2 Å². The van der Waals surface area contributed by atoms with E-state index in [-0.39, 0.29) is 25.1 Å². The fourth-order valence-corrected chi connectivity index (χ4v) is 10.0. The van der Waals surface area contributed by atoms with E-state index in [1.54, 1.807) is 33.8 Å². The molecule has 0 spiro atoms. The molecule has 0 radical (unpaired) electrons. The summed E-state index contributed by atoms with van der Waals surface area (Å²) in [5, 5.41) is 35.4. The summed E-state index contributed by atoms with van der Waals surface area (Å²) < 4.78 is 34.6. The quantitative estimate of drug-likeness (QED) is 0.154. The summed E-state index contributed by atoms with van der Waals surface area (Å²) >= 11 is 0. The second-order valence-electron chi connectivity index (χ2n) is 15.0. The van der Waals surface area contributed by atoms with Crippen LogP contribution in [0.1, 0.15) is 65.9 Å². The predicted molar refractivity (Wildman–Crippen MR) is 159 cm³/mol. The smallest absolute Gasteiger partial charge is 0.335 e. The molecule has 14 nitrogen and oxygen atoms in total. The van der Waals surface area contributed by atoms with Crippen molar-refractivity contribution in [2.75, 3.05) is 6.61 Å². The highest BCUT2D eigenvalue weighted by molar-refractivity contribution is 5.96. The van der Waals surface area contributed by atoms with Gasteiger partial charge in [-0.25, -0.2) is 4.79 Å². The normalized spacial score (nSPS) is 45.3. The molecule has 3 aliphatic carbocycles. The standard InChI is InChI=1S/C34H42O14/c1-15(2)24(38)29(40)47-27-25(45-14-35)22(16(3)34(42)20(37)10-19(32(27,34)7)18-8-9-43-12-18)31(6)21(46-17(4)36)11-33(41)23-26(31)30(5,48-33)13-44-28(23)39/h8-9,12,14-15,19,21-27,38,41-42H,3,10-11,13H2,1-2,4-7H3/t19-,21-,22+,23+,24+,25+,26-,27-,30+,31+,32+,33+,34+/m0/s1. The van der Waals surface area contributed by atoms with Crippen molar-refractivity contribution < 1.29 is 67.4 Å². The SMILES string of the molecule is C=C1[C@@H]([C@@]2(C)[C@@H](OC(C)=O)C[C@@]3(O)O[C@]4(C)COC(=O)[C@H]3[C@H]24)[C@@H](OC=O)[C@H](OC(=O)[C@H](O)C(C)C)[C@@]2(C)[C@H](c3ccoc3)CC(=O)[C@]12O. The zero-order valence-electron chi connectivity index (χ0n) is 27.7. The number of carbonyl (C=O) groups is 5. The van der Waals surface area contributed by atoms with E-state index in [1.165, 1.54) is 19.5 Å². The number of aliphatic hydroxyl groups is 3. The summed E-state index contributed by atoms with van der Waals surface area (Å²) in [4.78, 5) is 66.2. The molecule has 0 aromatic carbocycles. The molecule has 2 aliphatic heterocycles. The molecule has 5 aliphatic rings. The van der Waals surface area contributed by atoms with Gasteiger partial charge in [-0.05, 0) is 30.0 Å². The summed E-state index contributed by atoms with van der Waals surface area (Å²) in [6.45, 7) is 13.2. The van der Waals surface area contributed by atoms with E-state index < -0.39 is 112 Å². The number of ether oxygens (including phenoxy) is 5. The van der Waals surface area contributed by atoms with Crippen molar-refractivity contribution in [1.82, 2.24) is 0 Å². The van der Waals surface area contributed by atoms with Gasteiger partial charge in [-0.2, -0.15) is 0 Å². The predicted octanol–water partition coefficient (Wildman–Crippen LogP) is 1.34. The molecule has 1 aromatic heterocycles. The van der Waals surface area contributed by atoms with Crippen LogP contribution >= 0.6 is 0 Å². The van der Waals surface area contributed by atoms with Gasteiger partial charge < -0.3 is 43.4 Å². The van der Waals surface area contributed by atoms with Crippen molar-refractivity contribution in [3.63, 3.8) is 0 Å². The Kier molecular flexibility index (Phi) is 7.83. The van der Waals surface area contributed by atoms with E-state index in [1.807, 2.05) is 0 Å². The zero-order valence-corrected chi connectivity index (χ0v) is 27.7. The van der Waals surface area contributed by atoms with Gasteiger partial charge in [0.05, 0.1) is 17.9 Å². The molecule has 262 valence electrons. The Morgan fingerprint density at radius 3 is 2.40 bits per heavy atom. The van der Waals surface area contributed by atoms with Crippen molar-refractivity contribution in [2.45, 2.75) is 102 Å². The van der Waals surface area contributed by atoms with Gasteiger partial charge in [-0.3, -0.25) is 19.2 Å². The van der Waals surface area contributed by atoms with Gasteiger partial charge in [0.25, 0.3) is 6.47 Å². The van der Waals surface area contributed by atoms with Gasteiger partial charge in [-0.15, -0.1) is 0 Å². The lowest BCUT2D eigenvalue weighted by atomic mass is 9.44. The fourth-order valence-electron chi connectivity index (χ4n) is 10.0. The van der Waals surface area contributed by atoms with E-state index in [9.17, 15) is 39.3 Å². The van der Waals surface area contributed by atoms with Crippen LogP contribution in [-0.2, 0) is 47.7 Å². The first-order valence-electron chi connectivity index (χ1n) is 16.0. The van der Waals surface area contributed by atoms with E-state index in [4.69, 9.17) is 28.1 Å². The Morgan fingerprint density at radius 1 is 1.12 bits per heavy atom. The summed E-state index contributed by atoms with van der Waals surface area (Å²) in [6.07, 6.45) is -3.94. The lowest BCUT2D eigenvalue weighted by Gasteiger charge is -2.63.